The number of amides is 1. The van der Waals surface area contributed by atoms with Crippen molar-refractivity contribution >= 4 is 12.1 Å². The van der Waals surface area contributed by atoms with Crippen LogP contribution in [0.1, 0.15) is 47.5 Å². The molecule has 32 heavy (non-hydrogen) atoms. The van der Waals surface area contributed by atoms with Crippen LogP contribution in [0.15, 0.2) is 52.5 Å². The number of rotatable bonds is 6. The van der Waals surface area contributed by atoms with Crippen molar-refractivity contribution in [2.45, 2.75) is 44.2 Å². The molecule has 2 aromatic rings. The second-order valence-electron chi connectivity index (χ2n) is 7.76. The fourth-order valence-electron chi connectivity index (χ4n) is 4.13. The second-order valence-corrected chi connectivity index (χ2v) is 7.76. The Morgan fingerprint density at radius 1 is 1.31 bits per heavy atom. The summed E-state index contributed by atoms with van der Waals surface area (Å²) in [5.74, 6) is -4.67. The van der Waals surface area contributed by atoms with E-state index in [1.165, 1.54) is 24.6 Å². The van der Waals surface area contributed by atoms with E-state index >= 15 is 0 Å². The lowest BCUT2D eigenvalue weighted by Crippen LogP contribution is -2.47. The van der Waals surface area contributed by atoms with Crippen LogP contribution in [0, 0.1) is 5.92 Å². The Kier molecular flexibility index (Phi) is 5.94. The molecule has 6 nitrogen and oxygen atoms in total. The minimum absolute atomic E-state index is 0.120. The molecular formula is C22H20F4N4O2. The van der Waals surface area contributed by atoms with Crippen LogP contribution in [0.5, 0.6) is 0 Å². The topological polar surface area (TPSA) is 71.6 Å². The van der Waals surface area contributed by atoms with Gasteiger partial charge < -0.3 is 9.32 Å². The number of hydrogen-bond donors (Lipinski definition) is 0. The van der Waals surface area contributed by atoms with E-state index in [4.69, 9.17) is 4.42 Å². The van der Waals surface area contributed by atoms with Gasteiger partial charge in [-0.25, -0.2) is 8.78 Å². The highest BCUT2D eigenvalue weighted by atomic mass is 19.3. The van der Waals surface area contributed by atoms with E-state index in [1.54, 1.807) is 23.1 Å². The average Bonchev–Trinajstić information content (AvgIpc) is 3.36. The highest BCUT2D eigenvalue weighted by Gasteiger charge is 2.45. The molecule has 0 bridgehead atoms. The smallest absolute Gasteiger partial charge is 0.314 e. The van der Waals surface area contributed by atoms with Crippen molar-refractivity contribution in [2.75, 3.05) is 0 Å². The Labute approximate surface area is 181 Å². The number of halogens is 4. The fourth-order valence-corrected chi connectivity index (χ4v) is 4.13. The van der Waals surface area contributed by atoms with E-state index in [1.807, 2.05) is 0 Å². The van der Waals surface area contributed by atoms with Gasteiger partial charge in [0.15, 0.2) is 0 Å². The van der Waals surface area contributed by atoms with Gasteiger partial charge in [0.25, 0.3) is 11.8 Å². The van der Waals surface area contributed by atoms with Gasteiger partial charge in [0.2, 0.25) is 11.8 Å². The van der Waals surface area contributed by atoms with Gasteiger partial charge in [0.1, 0.15) is 0 Å². The molecule has 2 heterocycles. The molecule has 1 amide bonds. The van der Waals surface area contributed by atoms with Gasteiger partial charge in [-0.15, -0.1) is 10.2 Å². The number of alkyl halides is 4. The number of carbonyl (C=O) groups excluding carboxylic acids is 1. The average molecular weight is 448 g/mol. The molecule has 168 valence electrons. The molecule has 1 aromatic carbocycles. The highest BCUT2D eigenvalue weighted by Crippen LogP contribution is 2.41. The first-order valence-electron chi connectivity index (χ1n) is 10.0. The number of benzene rings is 1. The van der Waals surface area contributed by atoms with Crippen molar-refractivity contribution in [2.24, 2.45) is 10.9 Å². The summed E-state index contributed by atoms with van der Waals surface area (Å²) >= 11 is 0. The number of carbonyl (C=O) groups is 1. The van der Waals surface area contributed by atoms with Gasteiger partial charge in [-0.3, -0.25) is 9.79 Å². The number of aliphatic imine (C=N–C) groups is 1. The number of fused-ring (bicyclic) bond motifs is 1. The monoisotopic (exact) mass is 448 g/mol. The molecule has 10 heteroatoms. The maximum atomic E-state index is 14.1. The summed E-state index contributed by atoms with van der Waals surface area (Å²) in [6.45, 7) is 3.80. The number of allylic oxidation sites excluding steroid dienone is 2. The van der Waals surface area contributed by atoms with Crippen molar-refractivity contribution in [3.63, 3.8) is 0 Å². The first-order valence-corrected chi connectivity index (χ1v) is 10.0. The molecule has 2 aliphatic rings. The summed E-state index contributed by atoms with van der Waals surface area (Å²) < 4.78 is 58.6. The van der Waals surface area contributed by atoms with E-state index < -0.39 is 36.6 Å². The summed E-state index contributed by atoms with van der Waals surface area (Å²) in [5, 5.41) is 6.91. The summed E-state index contributed by atoms with van der Waals surface area (Å²) in [4.78, 5) is 18.8. The molecular weight excluding hydrogens is 428 g/mol. The molecule has 2 atom stereocenters. The molecule has 0 saturated heterocycles. The number of nitrogens with zero attached hydrogens (tertiary/aromatic N) is 4. The zero-order chi connectivity index (χ0) is 22.9. The third kappa shape index (κ3) is 4.35. The Hall–Kier alpha value is -3.30. The Morgan fingerprint density at radius 3 is 2.84 bits per heavy atom. The summed E-state index contributed by atoms with van der Waals surface area (Å²) in [6, 6.07) is 4.36. The van der Waals surface area contributed by atoms with Crippen molar-refractivity contribution < 1.29 is 26.8 Å². The maximum absolute atomic E-state index is 14.1. The Morgan fingerprint density at radius 2 is 2.12 bits per heavy atom. The van der Waals surface area contributed by atoms with Gasteiger partial charge in [-0.2, -0.15) is 8.78 Å². The van der Waals surface area contributed by atoms with Crippen LogP contribution in [0.4, 0.5) is 17.6 Å². The minimum Gasteiger partial charge on any atom is -0.415 e. The van der Waals surface area contributed by atoms with E-state index in [0.717, 1.165) is 0 Å². The van der Waals surface area contributed by atoms with Crippen LogP contribution in [-0.2, 0) is 6.54 Å². The van der Waals surface area contributed by atoms with Crippen LogP contribution in [0.2, 0.25) is 0 Å². The third-order valence-corrected chi connectivity index (χ3v) is 5.64. The fraction of sp³-hybridized carbons (Fsp3) is 0.364. The first-order chi connectivity index (χ1) is 15.3. The summed E-state index contributed by atoms with van der Waals surface area (Å²) in [7, 11) is 0. The molecule has 1 saturated carbocycles. The lowest BCUT2D eigenvalue weighted by molar-refractivity contribution is -0.0620. The SMILES string of the molecule is C=C/C=C\N=C\[C@@H]1CC(F)(F)CC[C@H]1N1Cc2ccc(-c3nnc(C(F)F)o3)cc2C1=O. The van der Waals surface area contributed by atoms with Crippen LogP contribution in [0.3, 0.4) is 0 Å². The van der Waals surface area contributed by atoms with Crippen LogP contribution in [-0.4, -0.2) is 39.2 Å². The lowest BCUT2D eigenvalue weighted by Gasteiger charge is -2.39. The molecule has 1 aliphatic heterocycles. The van der Waals surface area contributed by atoms with Crippen molar-refractivity contribution in [1.29, 1.82) is 0 Å². The van der Waals surface area contributed by atoms with E-state index in [0.29, 0.717) is 16.7 Å². The molecule has 0 N–H and O–H groups in total. The van der Waals surface area contributed by atoms with Gasteiger partial charge in [-0.1, -0.05) is 18.7 Å². The molecule has 1 aliphatic carbocycles. The quantitative estimate of drug-likeness (QED) is 0.346. The molecule has 0 spiro atoms. The second kappa shape index (κ2) is 8.68. The molecule has 0 radical (unpaired) electrons. The van der Waals surface area contributed by atoms with E-state index in [2.05, 4.69) is 21.8 Å². The normalized spacial score (nSPS) is 22.9. The first kappa shape index (κ1) is 21.9. The predicted octanol–water partition coefficient (Wildman–Crippen LogP) is 5.20. The third-order valence-electron chi connectivity index (χ3n) is 5.64. The Bertz CT molecular complexity index is 1080. The van der Waals surface area contributed by atoms with Gasteiger partial charge in [-0.05, 0) is 30.2 Å². The van der Waals surface area contributed by atoms with Crippen molar-refractivity contribution in [3.05, 3.63) is 60.1 Å². The zero-order valence-corrected chi connectivity index (χ0v) is 16.9. The van der Waals surface area contributed by atoms with E-state index in [9.17, 15) is 22.4 Å². The standard InChI is InChI=1S/C22H20F4N4O2/c1-2-3-8-27-11-15-10-22(25,26)7-6-17(15)30-12-14-5-4-13(9-16(14)21(30)31)19-28-29-20(32-19)18(23)24/h2-5,8-9,11,15,17-18H,1,6-7,10,12H2/b8-3-,27-11+/t15-,17+/m0/s1. The zero-order valence-electron chi connectivity index (χ0n) is 16.9. The summed E-state index contributed by atoms with van der Waals surface area (Å²) in [5.41, 5.74) is 1.41. The predicted molar refractivity (Wildman–Crippen MR) is 108 cm³/mol. The molecule has 1 fully saturated rings. The molecule has 1 aromatic heterocycles. The van der Waals surface area contributed by atoms with Crippen molar-refractivity contribution in [3.8, 4) is 11.5 Å². The van der Waals surface area contributed by atoms with Crippen molar-refractivity contribution in [1.82, 2.24) is 15.1 Å². The Balaban J connectivity index is 1.58. The largest absolute Gasteiger partial charge is 0.415 e. The van der Waals surface area contributed by atoms with Crippen LogP contribution < -0.4 is 0 Å². The molecule has 4 rings (SSSR count). The van der Waals surface area contributed by atoms with Gasteiger partial charge in [0.05, 0.1) is 0 Å². The van der Waals surface area contributed by atoms with Crippen LogP contribution >= 0.6 is 0 Å². The number of hydrogen-bond acceptors (Lipinski definition) is 5. The number of aromatic nitrogens is 2. The van der Waals surface area contributed by atoms with Gasteiger partial charge >= 0.3 is 6.43 Å². The van der Waals surface area contributed by atoms with Crippen LogP contribution in [0.25, 0.3) is 11.5 Å². The minimum atomic E-state index is -2.90. The highest BCUT2D eigenvalue weighted by molar-refractivity contribution is 5.99. The lowest BCUT2D eigenvalue weighted by atomic mass is 9.82. The van der Waals surface area contributed by atoms with E-state index in [-0.39, 0.29) is 31.2 Å². The summed E-state index contributed by atoms with van der Waals surface area (Å²) in [6.07, 6.45) is 2.57. The maximum Gasteiger partial charge on any atom is 0.314 e. The molecule has 0 unspecified atom stereocenters. The van der Waals surface area contributed by atoms with Gasteiger partial charge in [0, 0.05) is 54.9 Å².